The van der Waals surface area contributed by atoms with Gasteiger partial charge in [0, 0.05) is 23.4 Å². The summed E-state index contributed by atoms with van der Waals surface area (Å²) in [4.78, 5) is 19.6. The number of hydrogen-bond acceptors (Lipinski definition) is 5. The first-order valence-corrected chi connectivity index (χ1v) is 10.1. The molecule has 0 fully saturated rings. The molecular weight excluding hydrogens is 406 g/mol. The lowest BCUT2D eigenvalue weighted by Gasteiger charge is -2.08. The lowest BCUT2D eigenvalue weighted by molar-refractivity contribution is -0.121. The van der Waals surface area contributed by atoms with Crippen molar-refractivity contribution in [2.24, 2.45) is 10.2 Å². The molecule has 0 saturated carbocycles. The molecular formula is C23H21N7O2. The summed E-state index contributed by atoms with van der Waals surface area (Å²) in [5, 5.41) is 19.6. The Kier molecular flexibility index (Phi) is 6.29. The van der Waals surface area contributed by atoms with Crippen molar-refractivity contribution in [3.8, 4) is 5.75 Å². The van der Waals surface area contributed by atoms with E-state index in [2.05, 4.69) is 25.5 Å². The second-order valence-electron chi connectivity index (χ2n) is 7.17. The topological polar surface area (TPSA) is 128 Å². The SMILES string of the molecule is [N-]=[N+]=NCc1nc2ccccc2n1CCCC(=O)N/N=C/c1c(O)ccc2ccccc12. The van der Waals surface area contributed by atoms with Crippen LogP contribution in [0.4, 0.5) is 0 Å². The Hall–Kier alpha value is -4.36. The molecule has 0 unspecified atom stereocenters. The second kappa shape index (κ2) is 9.63. The number of para-hydroxylation sites is 2. The zero-order valence-electron chi connectivity index (χ0n) is 17.2. The molecule has 3 aromatic carbocycles. The minimum Gasteiger partial charge on any atom is -0.507 e. The zero-order chi connectivity index (χ0) is 22.3. The summed E-state index contributed by atoms with van der Waals surface area (Å²) in [7, 11) is 0. The average Bonchev–Trinajstić information content (AvgIpc) is 3.16. The number of rotatable bonds is 8. The second-order valence-corrected chi connectivity index (χ2v) is 7.17. The molecule has 0 saturated heterocycles. The number of nitrogens with zero attached hydrogens (tertiary/aromatic N) is 6. The van der Waals surface area contributed by atoms with Crippen LogP contribution < -0.4 is 5.43 Å². The van der Waals surface area contributed by atoms with Gasteiger partial charge >= 0.3 is 0 Å². The third-order valence-corrected chi connectivity index (χ3v) is 5.13. The molecule has 9 nitrogen and oxygen atoms in total. The number of hydrogen-bond donors (Lipinski definition) is 2. The fourth-order valence-electron chi connectivity index (χ4n) is 3.63. The van der Waals surface area contributed by atoms with Crippen molar-refractivity contribution in [2.75, 3.05) is 0 Å². The fourth-order valence-corrected chi connectivity index (χ4v) is 3.63. The normalized spacial score (nSPS) is 11.1. The number of aromatic hydroxyl groups is 1. The lowest BCUT2D eigenvalue weighted by Crippen LogP contribution is -2.18. The molecule has 4 aromatic rings. The van der Waals surface area contributed by atoms with Gasteiger partial charge in [0.1, 0.15) is 11.6 Å². The smallest absolute Gasteiger partial charge is 0.240 e. The van der Waals surface area contributed by atoms with Crippen LogP contribution in [-0.4, -0.2) is 26.8 Å². The predicted octanol–water partition coefficient (Wildman–Crippen LogP) is 4.64. The number of carbonyl (C=O) groups excluding carboxylic acids is 1. The number of carbonyl (C=O) groups is 1. The monoisotopic (exact) mass is 427 g/mol. The Labute approximate surface area is 183 Å². The molecule has 0 aliphatic carbocycles. The maximum atomic E-state index is 12.3. The number of aromatic nitrogens is 2. The van der Waals surface area contributed by atoms with Crippen LogP contribution in [-0.2, 0) is 17.9 Å². The lowest BCUT2D eigenvalue weighted by atomic mass is 10.0. The van der Waals surface area contributed by atoms with Gasteiger partial charge in [0.2, 0.25) is 5.91 Å². The molecule has 1 heterocycles. The molecule has 0 bridgehead atoms. The van der Waals surface area contributed by atoms with Gasteiger partial charge < -0.3 is 9.67 Å². The van der Waals surface area contributed by atoms with Gasteiger partial charge in [0.25, 0.3) is 0 Å². The van der Waals surface area contributed by atoms with Gasteiger partial charge in [-0.3, -0.25) is 4.79 Å². The summed E-state index contributed by atoms with van der Waals surface area (Å²) in [6.07, 6.45) is 2.27. The fraction of sp³-hybridized carbons (Fsp3) is 0.174. The standard InChI is InChI=1S/C23H21N7O2/c24-29-26-15-22-27-19-8-3-4-9-20(19)30(22)13-5-10-23(32)28-25-14-18-17-7-2-1-6-16(17)11-12-21(18)31/h1-4,6-9,11-12,14,31H,5,10,13,15H2,(H,28,32)/b25-14+. The van der Waals surface area contributed by atoms with Gasteiger partial charge in [0.05, 0.1) is 23.8 Å². The highest BCUT2D eigenvalue weighted by Crippen LogP contribution is 2.25. The number of fused-ring (bicyclic) bond motifs is 2. The van der Waals surface area contributed by atoms with Crippen LogP contribution in [0.2, 0.25) is 0 Å². The number of hydrazone groups is 1. The number of azide groups is 1. The van der Waals surface area contributed by atoms with Crippen molar-refractivity contribution in [3.05, 3.63) is 82.5 Å². The van der Waals surface area contributed by atoms with Crippen LogP contribution in [0.25, 0.3) is 32.2 Å². The average molecular weight is 427 g/mol. The highest BCUT2D eigenvalue weighted by atomic mass is 16.3. The van der Waals surface area contributed by atoms with Crippen LogP contribution in [0.15, 0.2) is 70.9 Å². The predicted molar refractivity (Wildman–Crippen MR) is 123 cm³/mol. The van der Waals surface area contributed by atoms with E-state index in [1.54, 1.807) is 6.07 Å². The van der Waals surface area contributed by atoms with E-state index >= 15 is 0 Å². The maximum Gasteiger partial charge on any atom is 0.240 e. The molecule has 160 valence electrons. The quantitative estimate of drug-likeness (QED) is 0.140. The van der Waals surface area contributed by atoms with Gasteiger partial charge in [-0.2, -0.15) is 5.10 Å². The van der Waals surface area contributed by atoms with E-state index in [9.17, 15) is 9.90 Å². The van der Waals surface area contributed by atoms with Crippen molar-refractivity contribution in [1.82, 2.24) is 15.0 Å². The third-order valence-electron chi connectivity index (χ3n) is 5.13. The van der Waals surface area contributed by atoms with E-state index in [1.807, 2.05) is 59.2 Å². The Balaban J connectivity index is 1.39. The summed E-state index contributed by atoms with van der Waals surface area (Å²) in [5.74, 6) is 0.525. The Morgan fingerprint density at radius 2 is 1.97 bits per heavy atom. The van der Waals surface area contributed by atoms with Crippen molar-refractivity contribution in [2.45, 2.75) is 25.9 Å². The molecule has 0 atom stereocenters. The first-order chi connectivity index (χ1) is 15.7. The molecule has 0 spiro atoms. The number of phenols is 1. The van der Waals surface area contributed by atoms with Gasteiger partial charge in [-0.15, -0.1) is 0 Å². The maximum absolute atomic E-state index is 12.3. The minimum atomic E-state index is -0.234. The van der Waals surface area contributed by atoms with Gasteiger partial charge in [0.15, 0.2) is 0 Å². The summed E-state index contributed by atoms with van der Waals surface area (Å²) in [5.41, 5.74) is 13.4. The van der Waals surface area contributed by atoms with Crippen LogP contribution in [0.3, 0.4) is 0 Å². The first kappa shape index (κ1) is 20.9. The third kappa shape index (κ3) is 4.53. The van der Waals surface area contributed by atoms with Crippen molar-refractivity contribution in [3.63, 3.8) is 0 Å². The molecule has 1 amide bonds. The number of nitrogens with one attached hydrogen (secondary N) is 1. The first-order valence-electron chi connectivity index (χ1n) is 10.1. The largest absolute Gasteiger partial charge is 0.507 e. The Morgan fingerprint density at radius 1 is 1.16 bits per heavy atom. The molecule has 1 aromatic heterocycles. The highest BCUT2D eigenvalue weighted by Gasteiger charge is 2.10. The minimum absolute atomic E-state index is 0.0984. The molecule has 0 aliphatic rings. The number of phenolic OH excluding ortho intramolecular Hbond substituents is 1. The molecule has 32 heavy (non-hydrogen) atoms. The number of benzene rings is 3. The van der Waals surface area contributed by atoms with Crippen LogP contribution in [0, 0.1) is 0 Å². The number of aryl methyl sites for hydroxylation is 1. The van der Waals surface area contributed by atoms with E-state index < -0.39 is 0 Å². The number of amides is 1. The number of imidazole rings is 1. The van der Waals surface area contributed by atoms with E-state index in [1.165, 1.54) is 6.21 Å². The summed E-state index contributed by atoms with van der Waals surface area (Å²) < 4.78 is 1.97. The van der Waals surface area contributed by atoms with E-state index in [-0.39, 0.29) is 24.6 Å². The summed E-state index contributed by atoms with van der Waals surface area (Å²) >= 11 is 0. The molecule has 2 N–H and O–H groups in total. The van der Waals surface area contributed by atoms with Gasteiger partial charge in [-0.05, 0) is 40.9 Å². The van der Waals surface area contributed by atoms with Crippen LogP contribution in [0.1, 0.15) is 24.2 Å². The molecule has 9 heteroatoms. The molecule has 0 radical (unpaired) electrons. The van der Waals surface area contributed by atoms with Crippen molar-refractivity contribution >= 4 is 33.9 Å². The van der Waals surface area contributed by atoms with E-state index in [4.69, 9.17) is 5.53 Å². The van der Waals surface area contributed by atoms with Gasteiger partial charge in [-0.25, -0.2) is 10.4 Å². The van der Waals surface area contributed by atoms with Crippen LogP contribution in [0.5, 0.6) is 5.75 Å². The Bertz CT molecular complexity index is 1350. The van der Waals surface area contributed by atoms with E-state index in [0.717, 1.165) is 21.8 Å². The van der Waals surface area contributed by atoms with Crippen molar-refractivity contribution in [1.29, 1.82) is 0 Å². The zero-order valence-corrected chi connectivity index (χ0v) is 17.2. The van der Waals surface area contributed by atoms with E-state index in [0.29, 0.717) is 24.4 Å². The summed E-state index contributed by atoms with van der Waals surface area (Å²) in [6.45, 7) is 0.703. The van der Waals surface area contributed by atoms with Crippen molar-refractivity contribution < 1.29 is 9.90 Å². The molecule has 4 rings (SSSR count). The van der Waals surface area contributed by atoms with Gasteiger partial charge in [-0.1, -0.05) is 47.6 Å². The molecule has 0 aliphatic heterocycles. The Morgan fingerprint density at radius 3 is 2.84 bits per heavy atom. The highest BCUT2D eigenvalue weighted by molar-refractivity contribution is 6.02. The summed E-state index contributed by atoms with van der Waals surface area (Å²) in [6, 6.07) is 18.7. The van der Waals surface area contributed by atoms with Crippen LogP contribution >= 0.6 is 0 Å².